The van der Waals surface area contributed by atoms with Crippen LogP contribution in [0.25, 0.3) is 10.9 Å². The van der Waals surface area contributed by atoms with Gasteiger partial charge < -0.3 is 24.3 Å². The summed E-state index contributed by atoms with van der Waals surface area (Å²) in [6.45, 7) is 3.00. The van der Waals surface area contributed by atoms with E-state index in [1.54, 1.807) is 19.6 Å². The van der Waals surface area contributed by atoms with Crippen LogP contribution >= 0.6 is 0 Å². The molecule has 3 atom stereocenters. The zero-order chi connectivity index (χ0) is 25.3. The van der Waals surface area contributed by atoms with E-state index in [1.807, 2.05) is 36.4 Å². The number of carboxylic acid groups (broad SMARTS) is 1. The number of benzene rings is 1. The average molecular weight is 495 g/mol. The standard InChI is InChI=1S/C29H38N2O5/c1-35-24-9-10-27-26(19-24)25(13-15-30-27)28(32)11-7-21-14-17-31(20-22(21)8-12-29(33)34)16-3-2-5-23-6-4-18-36-23/h4,6,9-10,13,15,18-19,21-22,28,32H,2-3,5,7-8,11-12,14,16-17,20H2,1H3,(H,33,34)/t21?,22?,28-/m0/s1. The molecule has 0 spiro atoms. The van der Waals surface area contributed by atoms with Gasteiger partial charge in [0.1, 0.15) is 11.5 Å². The molecule has 0 radical (unpaired) electrons. The highest BCUT2D eigenvalue weighted by Crippen LogP contribution is 2.35. The first-order valence-corrected chi connectivity index (χ1v) is 13.1. The molecule has 4 rings (SSSR count). The molecule has 3 heterocycles. The van der Waals surface area contributed by atoms with E-state index >= 15 is 0 Å². The lowest BCUT2D eigenvalue weighted by atomic mass is 9.79. The van der Waals surface area contributed by atoms with Crippen LogP contribution in [0, 0.1) is 11.8 Å². The van der Waals surface area contributed by atoms with E-state index in [4.69, 9.17) is 9.15 Å². The van der Waals surface area contributed by atoms with Crippen LogP contribution in [-0.4, -0.2) is 52.8 Å². The number of furan rings is 1. The Morgan fingerprint density at radius 3 is 2.89 bits per heavy atom. The number of carbonyl (C=O) groups is 1. The van der Waals surface area contributed by atoms with Crippen LogP contribution in [0.1, 0.15) is 62.4 Å². The van der Waals surface area contributed by atoms with Gasteiger partial charge in [-0.05, 0) is 105 Å². The molecule has 1 saturated heterocycles. The van der Waals surface area contributed by atoms with Crippen LogP contribution in [0.3, 0.4) is 0 Å². The molecule has 1 fully saturated rings. The predicted molar refractivity (Wildman–Crippen MR) is 139 cm³/mol. The van der Waals surface area contributed by atoms with Crippen molar-refractivity contribution >= 4 is 16.9 Å². The Morgan fingerprint density at radius 2 is 2.11 bits per heavy atom. The number of piperidine rings is 1. The zero-order valence-electron chi connectivity index (χ0n) is 21.1. The fourth-order valence-electron chi connectivity index (χ4n) is 5.56. The van der Waals surface area contributed by atoms with Crippen LogP contribution < -0.4 is 4.74 Å². The summed E-state index contributed by atoms with van der Waals surface area (Å²) in [6, 6.07) is 11.6. The monoisotopic (exact) mass is 494 g/mol. The first kappa shape index (κ1) is 26.2. The number of likely N-dealkylation sites (tertiary alicyclic amines) is 1. The van der Waals surface area contributed by atoms with Crippen LogP contribution in [0.2, 0.25) is 0 Å². The summed E-state index contributed by atoms with van der Waals surface area (Å²) in [5.74, 6) is 1.80. The maximum Gasteiger partial charge on any atom is 0.303 e. The molecule has 194 valence electrons. The summed E-state index contributed by atoms with van der Waals surface area (Å²) in [5.41, 5.74) is 1.71. The fourth-order valence-corrected chi connectivity index (χ4v) is 5.56. The number of hydrogen-bond donors (Lipinski definition) is 2. The van der Waals surface area contributed by atoms with Gasteiger partial charge in [-0.2, -0.15) is 0 Å². The van der Waals surface area contributed by atoms with Crippen LogP contribution in [-0.2, 0) is 11.2 Å². The Balaban J connectivity index is 1.33. The van der Waals surface area contributed by atoms with Crippen molar-refractivity contribution < 1.29 is 24.2 Å². The van der Waals surface area contributed by atoms with Crippen LogP contribution in [0.4, 0.5) is 0 Å². The van der Waals surface area contributed by atoms with Gasteiger partial charge >= 0.3 is 5.97 Å². The highest BCUT2D eigenvalue weighted by atomic mass is 16.5. The molecule has 1 aliphatic rings. The van der Waals surface area contributed by atoms with E-state index in [9.17, 15) is 15.0 Å². The number of aliphatic hydroxyl groups excluding tert-OH is 1. The number of unbranched alkanes of at least 4 members (excludes halogenated alkanes) is 1. The van der Waals surface area contributed by atoms with E-state index in [-0.39, 0.29) is 6.42 Å². The number of ether oxygens (including phenoxy) is 1. The SMILES string of the molecule is COc1ccc2nccc([C@@H](O)CCC3CCN(CCCCc4ccco4)CC3CCC(=O)O)c2c1. The zero-order valence-corrected chi connectivity index (χ0v) is 21.1. The van der Waals surface area contributed by atoms with Gasteiger partial charge in [0, 0.05) is 31.0 Å². The Labute approximate surface area is 213 Å². The molecule has 1 aliphatic heterocycles. The molecule has 0 saturated carbocycles. The van der Waals surface area contributed by atoms with Crippen molar-refractivity contribution in [1.29, 1.82) is 0 Å². The normalized spacial score (nSPS) is 19.4. The number of aromatic nitrogens is 1. The first-order chi connectivity index (χ1) is 17.5. The van der Waals surface area contributed by atoms with E-state index in [2.05, 4.69) is 9.88 Å². The number of rotatable bonds is 13. The number of methoxy groups -OCH3 is 1. The number of aryl methyl sites for hydroxylation is 1. The van der Waals surface area contributed by atoms with Crippen LogP contribution in [0.5, 0.6) is 5.75 Å². The second kappa shape index (κ2) is 12.9. The third-order valence-corrected chi connectivity index (χ3v) is 7.58. The number of aliphatic hydroxyl groups is 1. The summed E-state index contributed by atoms with van der Waals surface area (Å²) in [7, 11) is 1.64. The molecule has 0 amide bonds. The quantitative estimate of drug-likeness (QED) is 0.304. The van der Waals surface area contributed by atoms with Gasteiger partial charge in [0.2, 0.25) is 0 Å². The molecule has 3 aromatic rings. The molecule has 2 aromatic heterocycles. The minimum absolute atomic E-state index is 0.199. The van der Waals surface area contributed by atoms with E-state index < -0.39 is 12.1 Å². The third kappa shape index (κ3) is 7.08. The van der Waals surface area contributed by atoms with Crippen molar-refractivity contribution in [1.82, 2.24) is 9.88 Å². The molecular formula is C29H38N2O5. The van der Waals surface area contributed by atoms with E-state index in [1.165, 1.54) is 0 Å². The molecule has 2 unspecified atom stereocenters. The lowest BCUT2D eigenvalue weighted by molar-refractivity contribution is -0.137. The topological polar surface area (TPSA) is 96.0 Å². The van der Waals surface area contributed by atoms with Gasteiger partial charge in [-0.25, -0.2) is 0 Å². The van der Waals surface area contributed by atoms with Crippen LogP contribution in [0.15, 0.2) is 53.3 Å². The van der Waals surface area contributed by atoms with Crippen molar-refractivity contribution in [3.05, 3.63) is 60.2 Å². The molecule has 0 aliphatic carbocycles. The molecule has 7 heteroatoms. The maximum atomic E-state index is 11.3. The largest absolute Gasteiger partial charge is 0.497 e. The molecule has 7 nitrogen and oxygen atoms in total. The molecule has 36 heavy (non-hydrogen) atoms. The summed E-state index contributed by atoms with van der Waals surface area (Å²) in [6.07, 6.45) is 9.48. The number of nitrogens with zero attached hydrogens (tertiary/aromatic N) is 2. The smallest absolute Gasteiger partial charge is 0.303 e. The lowest BCUT2D eigenvalue weighted by Gasteiger charge is -2.39. The van der Waals surface area contributed by atoms with Gasteiger partial charge in [-0.3, -0.25) is 9.78 Å². The third-order valence-electron chi connectivity index (χ3n) is 7.58. The van der Waals surface area contributed by atoms with E-state index in [0.29, 0.717) is 24.7 Å². The van der Waals surface area contributed by atoms with Crippen molar-refractivity contribution in [2.24, 2.45) is 11.8 Å². The van der Waals surface area contributed by atoms with Crippen molar-refractivity contribution in [2.75, 3.05) is 26.7 Å². The van der Waals surface area contributed by atoms with E-state index in [0.717, 1.165) is 79.7 Å². The van der Waals surface area contributed by atoms with Gasteiger partial charge in [0.05, 0.1) is 25.0 Å². The first-order valence-electron chi connectivity index (χ1n) is 13.1. The molecule has 2 N–H and O–H groups in total. The predicted octanol–water partition coefficient (Wildman–Crippen LogP) is 5.48. The molecular weight excluding hydrogens is 456 g/mol. The Hall–Kier alpha value is -2.90. The van der Waals surface area contributed by atoms with Gasteiger partial charge in [-0.1, -0.05) is 0 Å². The van der Waals surface area contributed by atoms with Gasteiger partial charge in [-0.15, -0.1) is 0 Å². The lowest BCUT2D eigenvalue weighted by Crippen LogP contribution is -2.41. The average Bonchev–Trinajstić information content (AvgIpc) is 3.42. The Bertz CT molecular complexity index is 1100. The summed E-state index contributed by atoms with van der Waals surface area (Å²) < 4.78 is 10.8. The number of hydrogen-bond acceptors (Lipinski definition) is 6. The second-order valence-corrected chi connectivity index (χ2v) is 9.95. The second-order valence-electron chi connectivity index (χ2n) is 9.95. The highest BCUT2D eigenvalue weighted by molar-refractivity contribution is 5.83. The van der Waals surface area contributed by atoms with Crippen molar-refractivity contribution in [2.45, 2.75) is 57.5 Å². The fraction of sp³-hybridized carbons (Fsp3) is 0.517. The minimum Gasteiger partial charge on any atom is -0.497 e. The number of aliphatic carboxylic acids is 1. The van der Waals surface area contributed by atoms with Gasteiger partial charge in [0.15, 0.2) is 0 Å². The number of pyridine rings is 1. The summed E-state index contributed by atoms with van der Waals surface area (Å²) in [4.78, 5) is 18.2. The van der Waals surface area contributed by atoms with Gasteiger partial charge in [0.25, 0.3) is 0 Å². The molecule has 1 aromatic carbocycles. The molecule has 0 bridgehead atoms. The van der Waals surface area contributed by atoms with Crippen molar-refractivity contribution in [3.8, 4) is 5.75 Å². The minimum atomic E-state index is -0.735. The maximum absolute atomic E-state index is 11.3. The summed E-state index contributed by atoms with van der Waals surface area (Å²) >= 11 is 0. The van der Waals surface area contributed by atoms with Crippen molar-refractivity contribution in [3.63, 3.8) is 0 Å². The number of carboxylic acids is 1. The highest BCUT2D eigenvalue weighted by Gasteiger charge is 2.30. The Kier molecular flexibility index (Phi) is 9.36. The summed E-state index contributed by atoms with van der Waals surface area (Å²) in [5, 5.41) is 21.3. The number of fused-ring (bicyclic) bond motifs is 1. The Morgan fingerprint density at radius 1 is 1.22 bits per heavy atom.